The summed E-state index contributed by atoms with van der Waals surface area (Å²) >= 11 is 0. The zero-order chi connectivity index (χ0) is 40.2. The molecule has 0 amide bonds. The molecule has 0 saturated heterocycles. The number of aromatic nitrogens is 3. The molecule has 3 N–H and O–H groups in total. The van der Waals surface area contributed by atoms with Gasteiger partial charge in [-0.3, -0.25) is 4.79 Å². The number of H-pyrrole nitrogens is 1. The molecule has 2 aliphatic heterocycles. The molecule has 7 rings (SSSR count). The highest BCUT2D eigenvalue weighted by Crippen LogP contribution is 2.47. The second kappa shape index (κ2) is 16.8. The average Bonchev–Trinajstić information content (AvgIpc) is 3.82. The van der Waals surface area contributed by atoms with Crippen LogP contribution in [0.25, 0.3) is 11.0 Å². The Hall–Kier alpha value is -5.76. The minimum Gasteiger partial charge on any atom is -0.472 e. The van der Waals surface area contributed by atoms with E-state index in [1.54, 1.807) is 6.20 Å². The number of anilines is 2. The van der Waals surface area contributed by atoms with Crippen LogP contribution in [-0.4, -0.2) is 44.1 Å². The van der Waals surface area contributed by atoms with E-state index in [2.05, 4.69) is 151 Å². The molecule has 4 heterocycles. The molecular formula is C49H57N6O2+. The van der Waals surface area contributed by atoms with Crippen LogP contribution in [0.1, 0.15) is 94.5 Å². The second-order valence-electron chi connectivity index (χ2n) is 16.4. The molecule has 0 radical (unpaired) electrons. The lowest BCUT2D eigenvalue weighted by Gasteiger charge is -2.25. The normalized spacial score (nSPS) is 16.4. The van der Waals surface area contributed by atoms with Gasteiger partial charge in [0.15, 0.2) is 5.71 Å². The summed E-state index contributed by atoms with van der Waals surface area (Å²) in [4.78, 5) is 26.8. The number of nitrogens with one attached hydrogen (secondary N) is 1. The Balaban J connectivity index is 0.913. The van der Waals surface area contributed by atoms with Crippen molar-refractivity contribution >= 4 is 39.9 Å². The van der Waals surface area contributed by atoms with Crippen LogP contribution in [0.4, 0.5) is 17.3 Å². The number of fused-ring (bicyclic) bond motifs is 3. The number of hydrogen-bond acceptors (Lipinski definition) is 6. The van der Waals surface area contributed by atoms with Gasteiger partial charge < -0.3 is 20.4 Å². The van der Waals surface area contributed by atoms with E-state index < -0.39 is 0 Å². The van der Waals surface area contributed by atoms with E-state index in [0.29, 0.717) is 36.8 Å². The fourth-order valence-corrected chi connectivity index (χ4v) is 8.54. The van der Waals surface area contributed by atoms with Gasteiger partial charge in [-0.15, -0.1) is 0 Å². The van der Waals surface area contributed by atoms with Gasteiger partial charge >= 0.3 is 0 Å². The lowest BCUT2D eigenvalue weighted by molar-refractivity contribution is -0.438. The van der Waals surface area contributed by atoms with Crippen molar-refractivity contribution in [3.8, 4) is 5.88 Å². The highest BCUT2D eigenvalue weighted by atomic mass is 16.5. The van der Waals surface area contributed by atoms with Crippen molar-refractivity contribution in [1.29, 1.82) is 0 Å². The number of nitrogen functional groups attached to an aromatic ring is 1. The van der Waals surface area contributed by atoms with Crippen LogP contribution in [0, 0.1) is 6.92 Å². The number of aryl methyl sites for hydroxylation is 2. The van der Waals surface area contributed by atoms with Crippen LogP contribution in [0.2, 0.25) is 0 Å². The third kappa shape index (κ3) is 8.36. The zero-order valence-corrected chi connectivity index (χ0v) is 34.4. The predicted molar refractivity (Wildman–Crippen MR) is 234 cm³/mol. The first-order chi connectivity index (χ1) is 27.5. The highest BCUT2D eigenvalue weighted by Gasteiger charge is 2.44. The number of ether oxygens (including phenoxy) is 1. The highest BCUT2D eigenvalue weighted by molar-refractivity contribution is 6.03. The average molecular weight is 762 g/mol. The SMILES string of the molecule is CCN1/C(=C/C=C/C=C/C2=[N+](CCCCCC(=O)CCc3ccc(COc4nc(N)nc5[nH]ccc45)cc3)c3ccc(C)cc3C2(C)C)C(C)(C)c2ccccc21. The van der Waals surface area contributed by atoms with Crippen LogP contribution in [0.15, 0.2) is 115 Å². The first-order valence-electron chi connectivity index (χ1n) is 20.5. The maximum Gasteiger partial charge on any atom is 0.228 e. The van der Waals surface area contributed by atoms with E-state index in [1.807, 2.05) is 18.2 Å². The topological polar surface area (TPSA) is 100 Å². The van der Waals surface area contributed by atoms with Crippen LogP contribution in [-0.2, 0) is 28.7 Å². The van der Waals surface area contributed by atoms with Crippen molar-refractivity contribution in [1.82, 2.24) is 15.0 Å². The number of carbonyl (C=O) groups excluding carboxylic acids is 1. The summed E-state index contributed by atoms with van der Waals surface area (Å²) in [6.07, 6.45) is 17.8. The van der Waals surface area contributed by atoms with Crippen molar-refractivity contribution in [2.24, 2.45) is 0 Å². The minimum absolute atomic E-state index is 0.0416. The summed E-state index contributed by atoms with van der Waals surface area (Å²) in [5.74, 6) is 0.958. The van der Waals surface area contributed by atoms with E-state index in [-0.39, 0.29) is 16.8 Å². The molecule has 5 aromatic rings. The van der Waals surface area contributed by atoms with Gasteiger partial charge in [-0.2, -0.15) is 14.5 Å². The van der Waals surface area contributed by atoms with Crippen molar-refractivity contribution in [3.63, 3.8) is 0 Å². The number of unbranched alkanes of at least 4 members (excludes halogenated alkanes) is 2. The number of carbonyl (C=O) groups is 1. The summed E-state index contributed by atoms with van der Waals surface area (Å²) in [6, 6.07) is 25.7. The van der Waals surface area contributed by atoms with Gasteiger partial charge in [-0.25, -0.2) is 0 Å². The van der Waals surface area contributed by atoms with Crippen molar-refractivity contribution in [3.05, 3.63) is 143 Å². The molecule has 0 atom stereocenters. The number of nitrogens with zero attached hydrogens (tertiary/aromatic N) is 4. The van der Waals surface area contributed by atoms with E-state index in [1.165, 1.54) is 39.5 Å². The molecule has 0 unspecified atom stereocenters. The van der Waals surface area contributed by atoms with Gasteiger partial charge in [0.1, 0.15) is 24.6 Å². The Morgan fingerprint density at radius 3 is 2.47 bits per heavy atom. The van der Waals surface area contributed by atoms with Crippen molar-refractivity contribution in [2.75, 3.05) is 23.7 Å². The maximum absolute atomic E-state index is 12.9. The van der Waals surface area contributed by atoms with Crippen LogP contribution >= 0.6 is 0 Å². The first-order valence-corrected chi connectivity index (χ1v) is 20.5. The number of hydrogen-bond donors (Lipinski definition) is 2. The Labute approximate surface area is 337 Å². The Morgan fingerprint density at radius 2 is 1.67 bits per heavy atom. The lowest BCUT2D eigenvalue weighted by Crippen LogP contribution is -2.28. The first kappa shape index (κ1) is 39.5. The number of rotatable bonds is 16. The van der Waals surface area contributed by atoms with Gasteiger partial charge in [0, 0.05) is 66.5 Å². The molecule has 294 valence electrons. The molecule has 2 aliphatic rings. The molecule has 0 saturated carbocycles. The van der Waals surface area contributed by atoms with E-state index in [4.69, 9.17) is 10.5 Å². The predicted octanol–water partition coefficient (Wildman–Crippen LogP) is 10.4. The van der Waals surface area contributed by atoms with Gasteiger partial charge in [0.25, 0.3) is 0 Å². The molecule has 57 heavy (non-hydrogen) atoms. The van der Waals surface area contributed by atoms with Gasteiger partial charge in [-0.1, -0.05) is 86.2 Å². The maximum atomic E-state index is 12.9. The Kier molecular flexibility index (Phi) is 11.6. The number of aromatic amines is 1. The number of allylic oxidation sites excluding steroid dienone is 6. The molecule has 3 aromatic carbocycles. The van der Waals surface area contributed by atoms with E-state index in [0.717, 1.165) is 55.3 Å². The van der Waals surface area contributed by atoms with Crippen molar-refractivity contribution in [2.45, 2.75) is 97.5 Å². The van der Waals surface area contributed by atoms with Crippen LogP contribution < -0.4 is 15.4 Å². The molecule has 8 nitrogen and oxygen atoms in total. The summed E-state index contributed by atoms with van der Waals surface area (Å²) in [5, 5.41) is 0.798. The Bertz CT molecular complexity index is 2380. The second-order valence-corrected chi connectivity index (χ2v) is 16.4. The fourth-order valence-electron chi connectivity index (χ4n) is 8.54. The summed E-state index contributed by atoms with van der Waals surface area (Å²) in [5.41, 5.74) is 17.8. The smallest absolute Gasteiger partial charge is 0.228 e. The summed E-state index contributed by atoms with van der Waals surface area (Å²) in [6.45, 7) is 16.0. The standard InChI is InChI=1S/C49H57N6O2/c1-7-54-41-18-14-13-17-39(41)48(3,4)43(54)19-11-8-12-20-44-49(5,6)40-32-34(2)21-28-42(40)55(44)31-15-9-10-16-37(56)27-26-35-22-24-36(25-23-35)33-57-46-38-29-30-51-45(38)52-47(50)53-46/h8,11-14,17-25,28-30,32H,7,9-10,15-16,26-27,31,33H2,1-6H3,(H3,50,51,52,53)/q+1. The lowest BCUT2D eigenvalue weighted by atomic mass is 9.81. The Morgan fingerprint density at radius 1 is 0.877 bits per heavy atom. The number of likely N-dealkylation sites (N-methyl/N-ethyl adjacent to an activating group) is 1. The van der Waals surface area contributed by atoms with Gasteiger partial charge in [0.05, 0.1) is 10.8 Å². The fraction of sp³-hybridized carbons (Fsp3) is 0.347. The van der Waals surface area contributed by atoms with Gasteiger partial charge in [0.2, 0.25) is 17.5 Å². The molecule has 0 spiro atoms. The number of ketones is 1. The summed E-state index contributed by atoms with van der Waals surface area (Å²) in [7, 11) is 0. The summed E-state index contributed by atoms with van der Waals surface area (Å²) < 4.78 is 8.47. The molecule has 0 bridgehead atoms. The quantitative estimate of drug-likeness (QED) is 0.0590. The molecule has 2 aromatic heterocycles. The molecular weight excluding hydrogens is 705 g/mol. The number of nitrogens with two attached hydrogens (primary N) is 1. The monoisotopic (exact) mass is 761 g/mol. The van der Waals surface area contributed by atoms with Crippen LogP contribution in [0.5, 0.6) is 5.88 Å². The van der Waals surface area contributed by atoms with Crippen LogP contribution in [0.3, 0.4) is 0 Å². The third-order valence-electron chi connectivity index (χ3n) is 11.7. The number of benzene rings is 3. The number of Topliss-reactive ketones (excluding diaryl/α,β-unsaturated/α-hetero) is 1. The molecule has 0 aliphatic carbocycles. The largest absolute Gasteiger partial charge is 0.472 e. The van der Waals surface area contributed by atoms with Crippen molar-refractivity contribution < 1.29 is 14.1 Å². The number of para-hydroxylation sites is 1. The third-order valence-corrected chi connectivity index (χ3v) is 11.7. The van der Waals surface area contributed by atoms with Gasteiger partial charge in [-0.05, 0) is 87.9 Å². The molecule has 0 fully saturated rings. The van der Waals surface area contributed by atoms with E-state index >= 15 is 0 Å². The minimum atomic E-state index is -0.111. The van der Waals surface area contributed by atoms with E-state index in [9.17, 15) is 4.79 Å². The molecule has 8 heteroatoms. The zero-order valence-electron chi connectivity index (χ0n) is 34.4.